The van der Waals surface area contributed by atoms with E-state index in [0.717, 1.165) is 32.1 Å². The number of hydrogen-bond donors (Lipinski definition) is 2. The molecule has 1 aromatic rings. The maximum absolute atomic E-state index is 12.5. The lowest BCUT2D eigenvalue weighted by molar-refractivity contribution is -0.156. The van der Waals surface area contributed by atoms with Gasteiger partial charge in [0.05, 0.1) is 11.3 Å². The number of esters is 1. The lowest BCUT2D eigenvalue weighted by Gasteiger charge is -2.15. The van der Waals surface area contributed by atoms with Crippen molar-refractivity contribution in [3.63, 3.8) is 0 Å². The number of benzene rings is 1. The van der Waals surface area contributed by atoms with Gasteiger partial charge < -0.3 is 20.1 Å². The molecule has 1 aliphatic heterocycles. The molecule has 1 aromatic carbocycles. The Balaban J connectivity index is 1.54. The highest BCUT2D eigenvalue weighted by Gasteiger charge is 2.26. The minimum Gasteiger partial charge on any atom is -0.454 e. The first-order chi connectivity index (χ1) is 12.6. The minimum absolute atomic E-state index is 0.193. The van der Waals surface area contributed by atoms with Crippen molar-refractivity contribution in [2.45, 2.75) is 50.7 Å². The van der Waals surface area contributed by atoms with Crippen LogP contribution in [0.1, 0.15) is 48.9 Å². The lowest BCUT2D eigenvalue weighted by Crippen LogP contribution is -2.33. The summed E-state index contributed by atoms with van der Waals surface area (Å²) >= 11 is 0. The molecule has 140 valence electrons. The molecule has 1 heterocycles. The van der Waals surface area contributed by atoms with Gasteiger partial charge in [0.25, 0.3) is 11.8 Å². The number of ether oxygens (including phenoxy) is 2. The van der Waals surface area contributed by atoms with Gasteiger partial charge in [0, 0.05) is 12.6 Å². The summed E-state index contributed by atoms with van der Waals surface area (Å²) in [5, 5.41) is 5.65. The van der Waals surface area contributed by atoms with Gasteiger partial charge in [0.2, 0.25) is 0 Å². The molecular weight excluding hydrogens is 336 g/mol. The third-order valence-electron chi connectivity index (χ3n) is 4.67. The molecule has 0 bridgehead atoms. The van der Waals surface area contributed by atoms with Crippen LogP contribution in [0.25, 0.3) is 0 Å². The number of amides is 2. The maximum atomic E-state index is 12.5. The van der Waals surface area contributed by atoms with Crippen LogP contribution in [0.2, 0.25) is 0 Å². The molecule has 0 radical (unpaired) electrons. The highest BCUT2D eigenvalue weighted by molar-refractivity contribution is 6.04. The summed E-state index contributed by atoms with van der Waals surface area (Å²) in [7, 11) is 0. The van der Waals surface area contributed by atoms with Gasteiger partial charge in [-0.2, -0.15) is 0 Å². The van der Waals surface area contributed by atoms with Gasteiger partial charge >= 0.3 is 5.97 Å². The zero-order chi connectivity index (χ0) is 18.4. The molecule has 2 fully saturated rings. The monoisotopic (exact) mass is 360 g/mol. The van der Waals surface area contributed by atoms with E-state index in [4.69, 9.17) is 9.47 Å². The summed E-state index contributed by atoms with van der Waals surface area (Å²) in [4.78, 5) is 36.3. The number of hydrogen-bond acceptors (Lipinski definition) is 5. The average Bonchev–Trinajstić information content (AvgIpc) is 3.34. The predicted molar refractivity (Wildman–Crippen MR) is 94.7 cm³/mol. The molecule has 1 saturated carbocycles. The number of para-hydroxylation sites is 1. The maximum Gasteiger partial charge on any atom is 0.335 e. The first-order valence-corrected chi connectivity index (χ1v) is 9.11. The number of anilines is 1. The Hall–Kier alpha value is -2.41. The predicted octanol–water partition coefficient (Wildman–Crippen LogP) is 2.02. The molecule has 2 N–H and O–H groups in total. The Morgan fingerprint density at radius 1 is 1.08 bits per heavy atom. The second-order valence-electron chi connectivity index (χ2n) is 6.66. The fourth-order valence-corrected chi connectivity index (χ4v) is 3.30. The molecule has 1 atom stereocenters. The number of rotatable bonds is 6. The summed E-state index contributed by atoms with van der Waals surface area (Å²) in [5.74, 6) is -1.22. The Morgan fingerprint density at radius 2 is 1.85 bits per heavy atom. The van der Waals surface area contributed by atoms with Crippen LogP contribution < -0.4 is 10.6 Å². The standard InChI is InChI=1S/C19H24N2O5/c22-17(12-26-19(24)16-10-5-11-25-16)21-15-9-4-3-8-14(15)18(23)20-13-6-1-2-7-13/h3-4,8-9,13,16H,1-2,5-7,10-12H2,(H,20,23)(H,21,22)/t16-/m1/s1. The fourth-order valence-electron chi connectivity index (χ4n) is 3.30. The Kier molecular flexibility index (Phi) is 6.22. The highest BCUT2D eigenvalue weighted by atomic mass is 16.6. The van der Waals surface area contributed by atoms with E-state index in [9.17, 15) is 14.4 Å². The van der Waals surface area contributed by atoms with Gasteiger partial charge in [0.15, 0.2) is 12.7 Å². The van der Waals surface area contributed by atoms with Crippen LogP contribution in [0, 0.1) is 0 Å². The van der Waals surface area contributed by atoms with Crippen LogP contribution in [0.15, 0.2) is 24.3 Å². The smallest absolute Gasteiger partial charge is 0.335 e. The van der Waals surface area contributed by atoms with Crippen LogP contribution in [0.3, 0.4) is 0 Å². The van der Waals surface area contributed by atoms with E-state index in [1.165, 1.54) is 0 Å². The van der Waals surface area contributed by atoms with Crippen LogP contribution >= 0.6 is 0 Å². The van der Waals surface area contributed by atoms with Gasteiger partial charge in [-0.15, -0.1) is 0 Å². The molecule has 0 spiro atoms. The number of carbonyl (C=O) groups is 3. The third kappa shape index (κ3) is 4.82. The summed E-state index contributed by atoms with van der Waals surface area (Å²) in [6.07, 6.45) is 5.07. The first kappa shape index (κ1) is 18.4. The second-order valence-corrected chi connectivity index (χ2v) is 6.66. The van der Waals surface area contributed by atoms with Crippen molar-refractivity contribution in [1.82, 2.24) is 5.32 Å². The van der Waals surface area contributed by atoms with Crippen molar-refractivity contribution >= 4 is 23.5 Å². The van der Waals surface area contributed by atoms with Crippen molar-refractivity contribution in [3.05, 3.63) is 29.8 Å². The second kappa shape index (κ2) is 8.80. The molecule has 7 nitrogen and oxygen atoms in total. The Morgan fingerprint density at radius 3 is 2.58 bits per heavy atom. The summed E-state index contributed by atoms with van der Waals surface area (Å²) in [6.45, 7) is 0.132. The van der Waals surface area contributed by atoms with Crippen molar-refractivity contribution in [2.24, 2.45) is 0 Å². The number of nitrogens with one attached hydrogen (secondary N) is 2. The average molecular weight is 360 g/mol. The molecule has 1 saturated heterocycles. The van der Waals surface area contributed by atoms with Crippen LogP contribution in [-0.4, -0.2) is 43.1 Å². The Labute approximate surface area is 152 Å². The van der Waals surface area contributed by atoms with E-state index in [-0.39, 0.29) is 11.9 Å². The van der Waals surface area contributed by atoms with E-state index in [2.05, 4.69) is 10.6 Å². The van der Waals surface area contributed by atoms with Crippen molar-refractivity contribution < 1.29 is 23.9 Å². The van der Waals surface area contributed by atoms with E-state index in [1.807, 2.05) is 0 Å². The molecular formula is C19H24N2O5. The van der Waals surface area contributed by atoms with Crippen molar-refractivity contribution in [1.29, 1.82) is 0 Å². The summed E-state index contributed by atoms with van der Waals surface area (Å²) in [6, 6.07) is 7.00. The SMILES string of the molecule is O=C(COC(=O)[C@H]1CCCO1)Nc1ccccc1C(=O)NC1CCCC1. The van der Waals surface area contributed by atoms with Gasteiger partial charge in [-0.1, -0.05) is 25.0 Å². The zero-order valence-electron chi connectivity index (χ0n) is 14.7. The van der Waals surface area contributed by atoms with Crippen LogP contribution in [0.4, 0.5) is 5.69 Å². The molecule has 2 amide bonds. The largest absolute Gasteiger partial charge is 0.454 e. The quantitative estimate of drug-likeness (QED) is 0.757. The van der Waals surface area contributed by atoms with Gasteiger partial charge in [-0.05, 0) is 37.8 Å². The summed E-state index contributed by atoms with van der Waals surface area (Å²) in [5.41, 5.74) is 0.805. The zero-order valence-corrected chi connectivity index (χ0v) is 14.7. The molecule has 1 aliphatic carbocycles. The van der Waals surface area contributed by atoms with E-state index < -0.39 is 24.6 Å². The lowest BCUT2D eigenvalue weighted by atomic mass is 10.1. The minimum atomic E-state index is -0.577. The Bertz CT molecular complexity index is 664. The van der Waals surface area contributed by atoms with Crippen molar-refractivity contribution in [2.75, 3.05) is 18.5 Å². The van der Waals surface area contributed by atoms with Gasteiger partial charge in [-0.3, -0.25) is 9.59 Å². The summed E-state index contributed by atoms with van der Waals surface area (Å²) < 4.78 is 10.2. The van der Waals surface area contributed by atoms with Crippen LogP contribution in [-0.2, 0) is 19.1 Å². The van der Waals surface area contributed by atoms with Crippen molar-refractivity contribution in [3.8, 4) is 0 Å². The molecule has 2 aliphatic rings. The van der Waals surface area contributed by atoms with Gasteiger partial charge in [0.1, 0.15) is 0 Å². The molecule has 3 rings (SSSR count). The van der Waals surface area contributed by atoms with Gasteiger partial charge in [-0.25, -0.2) is 4.79 Å². The topological polar surface area (TPSA) is 93.7 Å². The van der Waals surface area contributed by atoms with E-state index in [0.29, 0.717) is 24.3 Å². The van der Waals surface area contributed by atoms with E-state index in [1.54, 1.807) is 24.3 Å². The molecule has 0 aromatic heterocycles. The van der Waals surface area contributed by atoms with Crippen LogP contribution in [0.5, 0.6) is 0 Å². The first-order valence-electron chi connectivity index (χ1n) is 9.11. The molecule has 26 heavy (non-hydrogen) atoms. The van der Waals surface area contributed by atoms with E-state index >= 15 is 0 Å². The highest BCUT2D eigenvalue weighted by Crippen LogP contribution is 2.20. The molecule has 7 heteroatoms. The normalized spacial score (nSPS) is 19.9. The number of carbonyl (C=O) groups excluding carboxylic acids is 3. The third-order valence-corrected chi connectivity index (χ3v) is 4.67. The fraction of sp³-hybridized carbons (Fsp3) is 0.526. The molecule has 0 unspecified atom stereocenters.